The number of aryl methyl sites for hydroxylation is 2. The van der Waals surface area contributed by atoms with Crippen LogP contribution in [-0.4, -0.2) is 118 Å². The van der Waals surface area contributed by atoms with E-state index in [0.717, 1.165) is 69.4 Å². The largest absolute Gasteiger partial charge is 0.508 e. The van der Waals surface area contributed by atoms with Crippen molar-refractivity contribution in [1.82, 2.24) is 40.5 Å². The molecule has 7 aromatic rings. The van der Waals surface area contributed by atoms with E-state index in [-0.39, 0.29) is 81.8 Å². The number of benzene rings is 4. The van der Waals surface area contributed by atoms with Gasteiger partial charge in [-0.2, -0.15) is 9.97 Å². The van der Waals surface area contributed by atoms with Crippen LogP contribution in [-0.2, 0) is 9.59 Å². The summed E-state index contributed by atoms with van der Waals surface area (Å²) in [5.74, 6) is 1.80. The van der Waals surface area contributed by atoms with Crippen molar-refractivity contribution < 1.29 is 37.5 Å². The fraction of sp³-hybridized carbons (Fsp3) is 0.429. The Kier molecular flexibility index (Phi) is 15.7. The lowest BCUT2D eigenvalue weighted by molar-refractivity contribution is -0.141. The molecule has 3 N–H and O–H groups in total. The lowest BCUT2D eigenvalue weighted by Crippen LogP contribution is -2.48. The minimum absolute atomic E-state index is 0.00331. The summed E-state index contributed by atoms with van der Waals surface area (Å²) in [6.07, 6.45) is 12.3. The second kappa shape index (κ2) is 23.2. The average Bonchev–Trinajstić information content (AvgIpc) is 4.22. The molecule has 11 rings (SSSR count). The highest BCUT2D eigenvalue weighted by molar-refractivity contribution is 6.03. The van der Waals surface area contributed by atoms with Gasteiger partial charge in [-0.1, -0.05) is 68.3 Å². The van der Waals surface area contributed by atoms with Gasteiger partial charge in [-0.25, -0.2) is 8.78 Å². The molecule has 0 spiro atoms. The smallest absolute Gasteiger partial charge is 0.319 e. The number of phenols is 1. The standard InChI is InChI=1S/C63H69F2N9O6/c1-7-47-50(64)18-17-44-29-46(75)30-48(56(44)47)58-57(65)59-49(33-67-58)60(73-25-21-41-28-45(34-73)66-32-41)70-63(69-59)78-27-26-72-23-19-40(20-24-72)35-79-53-31-52(80-71-53)54(36(2)3)62(77)74-22-9-12-51(74)61(76)68-39(6)42-13-15-43(16-14-42)55-37(4)10-8-11-38(55)5/h1,8,10-11,13-18,29-31,33,36,39-41,45,51,54,66,75H,9,12,19-28,32,34-35H2,2-6H3,(H,68,76)/t39-,41?,45?,51-,54+/m0/s1. The van der Waals surface area contributed by atoms with Crippen molar-refractivity contribution in [2.24, 2.45) is 17.8 Å². The van der Waals surface area contributed by atoms with E-state index in [2.05, 4.69) is 97.8 Å². The Balaban J connectivity index is 0.702. The van der Waals surface area contributed by atoms with E-state index in [1.54, 1.807) is 11.0 Å². The number of aromatic nitrogens is 4. The topological polar surface area (TPSA) is 171 Å². The highest BCUT2D eigenvalue weighted by Crippen LogP contribution is 2.40. The molecule has 4 saturated heterocycles. The molecule has 2 amide bonds. The van der Waals surface area contributed by atoms with E-state index >= 15 is 8.78 Å². The van der Waals surface area contributed by atoms with Gasteiger partial charge >= 0.3 is 6.01 Å². The monoisotopic (exact) mass is 1090 g/mol. The molecule has 4 aromatic carbocycles. The number of hydrogen-bond acceptors (Lipinski definition) is 13. The number of terminal acetylenes is 1. The summed E-state index contributed by atoms with van der Waals surface area (Å²) in [6, 6.07) is 21.3. The number of nitrogens with zero attached hydrogens (tertiary/aromatic N) is 7. The van der Waals surface area contributed by atoms with Crippen LogP contribution in [0.1, 0.15) is 99.3 Å². The number of likely N-dealkylation sites (tertiary alicyclic amines) is 2. The predicted octanol–water partition coefficient (Wildman–Crippen LogP) is 10.0. The Morgan fingerprint density at radius 3 is 2.50 bits per heavy atom. The zero-order valence-electron chi connectivity index (χ0n) is 46.1. The normalized spacial score (nSPS) is 19.6. The van der Waals surface area contributed by atoms with Crippen LogP contribution in [0.15, 0.2) is 83.5 Å². The summed E-state index contributed by atoms with van der Waals surface area (Å²) < 4.78 is 50.5. The molecule has 7 heterocycles. The van der Waals surface area contributed by atoms with Crippen molar-refractivity contribution in [2.75, 3.05) is 63.9 Å². The number of rotatable bonds is 16. The maximum Gasteiger partial charge on any atom is 0.319 e. The SMILES string of the molecule is C#Cc1c(F)ccc2cc(O)cc(-c3ncc4c(N5CCC6CNC(C6)C5)nc(OCCN5CCC(COc6cc([C@H](C(=O)N7CCC[C@H]7C(=O)N[C@@H](C)c7ccc(-c8c(C)cccc8C)cc7)C(C)C)on6)CC5)nc4c3F)c12. The van der Waals surface area contributed by atoms with Gasteiger partial charge in [-0.05, 0) is 153 Å². The van der Waals surface area contributed by atoms with Crippen molar-refractivity contribution in [3.8, 4) is 52.4 Å². The first-order valence-corrected chi connectivity index (χ1v) is 28.2. The summed E-state index contributed by atoms with van der Waals surface area (Å²) in [7, 11) is 0. The zero-order valence-corrected chi connectivity index (χ0v) is 46.1. The number of aromatic hydroxyl groups is 1. The van der Waals surface area contributed by atoms with Gasteiger partial charge in [-0.15, -0.1) is 6.42 Å². The number of hydrogen-bond donors (Lipinski definition) is 3. The number of phenolic OH excluding ortho intramolecular Hbond substituents is 1. The Morgan fingerprint density at radius 2 is 1.74 bits per heavy atom. The molecule has 3 aromatic heterocycles. The van der Waals surface area contributed by atoms with E-state index in [1.807, 2.05) is 20.8 Å². The van der Waals surface area contributed by atoms with Crippen LogP contribution in [0.4, 0.5) is 14.6 Å². The van der Waals surface area contributed by atoms with Gasteiger partial charge in [0.15, 0.2) is 11.6 Å². The van der Waals surface area contributed by atoms with Crippen molar-refractivity contribution in [3.05, 3.63) is 119 Å². The Morgan fingerprint density at radius 1 is 0.950 bits per heavy atom. The third-order valence-corrected chi connectivity index (χ3v) is 16.9. The molecule has 0 aliphatic carbocycles. The molecule has 5 atom stereocenters. The summed E-state index contributed by atoms with van der Waals surface area (Å²) >= 11 is 0. The van der Waals surface area contributed by atoms with E-state index in [9.17, 15) is 14.7 Å². The third kappa shape index (κ3) is 11.1. The van der Waals surface area contributed by atoms with E-state index in [4.69, 9.17) is 25.4 Å². The van der Waals surface area contributed by atoms with Crippen LogP contribution in [0.25, 0.3) is 44.1 Å². The maximum atomic E-state index is 17.1. The van der Waals surface area contributed by atoms with Gasteiger partial charge in [-0.3, -0.25) is 19.5 Å². The Labute approximate surface area is 465 Å². The van der Waals surface area contributed by atoms with Crippen molar-refractivity contribution in [2.45, 2.75) is 97.2 Å². The number of ether oxygens (including phenoxy) is 2. The van der Waals surface area contributed by atoms with Crippen molar-refractivity contribution >= 4 is 39.3 Å². The molecule has 80 heavy (non-hydrogen) atoms. The number of anilines is 1. The summed E-state index contributed by atoms with van der Waals surface area (Å²) in [5.41, 5.74) is 5.72. The van der Waals surface area contributed by atoms with Crippen LogP contribution in [0, 0.1) is 55.6 Å². The molecule has 0 saturated carbocycles. The van der Waals surface area contributed by atoms with Crippen LogP contribution in [0.3, 0.4) is 0 Å². The van der Waals surface area contributed by atoms with Crippen LogP contribution in [0.2, 0.25) is 0 Å². The summed E-state index contributed by atoms with van der Waals surface area (Å²) in [5, 5.41) is 22.8. The van der Waals surface area contributed by atoms with Crippen LogP contribution >= 0.6 is 0 Å². The number of carbonyl (C=O) groups excluding carboxylic acids is 2. The fourth-order valence-electron chi connectivity index (χ4n) is 12.6. The van der Waals surface area contributed by atoms with E-state index in [0.29, 0.717) is 66.8 Å². The fourth-order valence-corrected chi connectivity index (χ4v) is 12.6. The number of amides is 2. The van der Waals surface area contributed by atoms with E-state index < -0.39 is 23.6 Å². The number of carbonyl (C=O) groups is 2. The highest BCUT2D eigenvalue weighted by Gasteiger charge is 2.41. The summed E-state index contributed by atoms with van der Waals surface area (Å²) in [4.78, 5) is 48.5. The molecule has 2 unspecified atom stereocenters. The van der Waals surface area contributed by atoms with Crippen LogP contribution < -0.4 is 25.0 Å². The second-order valence-electron chi connectivity index (χ2n) is 22.7. The average molecular weight is 1090 g/mol. The van der Waals surface area contributed by atoms with Gasteiger partial charge in [0, 0.05) is 55.4 Å². The maximum absolute atomic E-state index is 17.1. The molecule has 17 heteroatoms. The number of piperidine rings is 1. The molecule has 4 aliphatic heterocycles. The third-order valence-electron chi connectivity index (χ3n) is 16.9. The lowest BCUT2D eigenvalue weighted by Gasteiger charge is -2.31. The Hall–Kier alpha value is -7.68. The first-order chi connectivity index (χ1) is 38.7. The van der Waals surface area contributed by atoms with Gasteiger partial charge in [0.05, 0.1) is 23.6 Å². The number of halogens is 2. The number of nitrogens with one attached hydrogen (secondary N) is 2. The number of pyridine rings is 1. The quantitative estimate of drug-likeness (QED) is 0.0782. The van der Waals surface area contributed by atoms with Crippen molar-refractivity contribution in [1.29, 1.82) is 0 Å². The van der Waals surface area contributed by atoms with Gasteiger partial charge < -0.3 is 39.5 Å². The zero-order chi connectivity index (χ0) is 55.8. The summed E-state index contributed by atoms with van der Waals surface area (Å²) in [6.45, 7) is 15.9. The molecule has 2 bridgehead atoms. The van der Waals surface area contributed by atoms with Gasteiger partial charge in [0.2, 0.25) is 11.8 Å². The minimum atomic E-state index is -0.765. The molecule has 15 nitrogen and oxygen atoms in total. The molecule has 416 valence electrons. The number of fused-ring (bicyclic) bond motifs is 4. The molecule has 4 fully saturated rings. The van der Waals surface area contributed by atoms with E-state index in [1.165, 1.54) is 47.2 Å². The van der Waals surface area contributed by atoms with Crippen LogP contribution in [0.5, 0.6) is 17.6 Å². The lowest BCUT2D eigenvalue weighted by atomic mass is 9.91. The highest BCUT2D eigenvalue weighted by atomic mass is 19.1. The Bertz CT molecular complexity index is 3460. The first-order valence-electron chi connectivity index (χ1n) is 28.2. The minimum Gasteiger partial charge on any atom is -0.508 e. The molecular weight excluding hydrogens is 1020 g/mol. The van der Waals surface area contributed by atoms with Gasteiger partial charge in [0.25, 0.3) is 5.88 Å². The first kappa shape index (κ1) is 54.3. The van der Waals surface area contributed by atoms with Gasteiger partial charge in [0.1, 0.15) is 47.2 Å². The molecule has 4 aliphatic rings. The second-order valence-corrected chi connectivity index (χ2v) is 22.7. The molecular formula is C63H69F2N9O6. The molecule has 0 radical (unpaired) electrons. The predicted molar refractivity (Wildman–Crippen MR) is 303 cm³/mol. The van der Waals surface area contributed by atoms with Crippen molar-refractivity contribution in [3.63, 3.8) is 0 Å².